The van der Waals surface area contributed by atoms with E-state index in [1.54, 1.807) is 6.92 Å². The summed E-state index contributed by atoms with van der Waals surface area (Å²) in [7, 11) is -3.00. The molecular weight excluding hydrogens is 314 g/mol. The highest BCUT2D eigenvalue weighted by atomic mass is 32.2. The minimum Gasteiger partial charge on any atom is -0.481 e. The number of sulfone groups is 1. The van der Waals surface area contributed by atoms with E-state index in [2.05, 4.69) is 19.2 Å². The lowest BCUT2D eigenvalue weighted by atomic mass is 10.0. The zero-order chi connectivity index (χ0) is 17.2. The number of amides is 1. The highest BCUT2D eigenvalue weighted by Gasteiger charge is 2.30. The van der Waals surface area contributed by atoms with Gasteiger partial charge in [-0.05, 0) is 43.4 Å². The van der Waals surface area contributed by atoms with Crippen LogP contribution in [0.25, 0.3) is 0 Å². The van der Waals surface area contributed by atoms with Crippen LogP contribution < -0.4 is 10.1 Å². The monoisotopic (exact) mass is 339 g/mol. The molecule has 128 valence electrons. The summed E-state index contributed by atoms with van der Waals surface area (Å²) in [6.45, 7) is 7.81. The first-order chi connectivity index (χ1) is 10.7. The van der Waals surface area contributed by atoms with E-state index in [9.17, 15) is 13.2 Å². The van der Waals surface area contributed by atoms with Gasteiger partial charge in [0.15, 0.2) is 15.9 Å². The number of nitrogens with one attached hydrogen (secondary N) is 1. The fourth-order valence-corrected chi connectivity index (χ4v) is 4.37. The number of rotatable bonds is 5. The van der Waals surface area contributed by atoms with Crippen LogP contribution in [0.3, 0.4) is 0 Å². The smallest absolute Gasteiger partial charge is 0.261 e. The number of ether oxygens (including phenoxy) is 1. The number of hydrogen-bond donors (Lipinski definition) is 1. The third kappa shape index (κ3) is 4.70. The van der Waals surface area contributed by atoms with Crippen molar-refractivity contribution in [2.75, 3.05) is 11.5 Å². The van der Waals surface area contributed by atoms with Crippen molar-refractivity contribution in [3.05, 3.63) is 29.3 Å². The van der Waals surface area contributed by atoms with Gasteiger partial charge in [0.05, 0.1) is 11.5 Å². The standard InChI is InChI=1S/C17H25NO4S/c1-11(2)15-6-5-12(3)9-16(15)22-13(4)17(19)18-14-7-8-23(20,21)10-14/h5-6,9,11,13-14H,7-8,10H2,1-4H3,(H,18,19)/t13-,14-/m1/s1. The Kier molecular flexibility index (Phi) is 5.34. The summed E-state index contributed by atoms with van der Waals surface area (Å²) in [5.41, 5.74) is 2.12. The van der Waals surface area contributed by atoms with E-state index >= 15 is 0 Å². The lowest BCUT2D eigenvalue weighted by Crippen LogP contribution is -2.43. The SMILES string of the molecule is Cc1ccc(C(C)C)c(O[C@H](C)C(=O)N[C@@H]2CCS(=O)(=O)C2)c1. The van der Waals surface area contributed by atoms with Gasteiger partial charge in [-0.25, -0.2) is 8.42 Å². The number of carbonyl (C=O) groups is 1. The summed E-state index contributed by atoms with van der Waals surface area (Å²) < 4.78 is 28.8. The van der Waals surface area contributed by atoms with Crippen LogP contribution in [-0.4, -0.2) is 38.0 Å². The zero-order valence-corrected chi connectivity index (χ0v) is 14.9. The van der Waals surface area contributed by atoms with Gasteiger partial charge < -0.3 is 10.1 Å². The topological polar surface area (TPSA) is 72.5 Å². The van der Waals surface area contributed by atoms with E-state index < -0.39 is 15.9 Å². The molecule has 23 heavy (non-hydrogen) atoms. The molecule has 0 saturated carbocycles. The molecule has 1 amide bonds. The Morgan fingerprint density at radius 1 is 1.30 bits per heavy atom. The van der Waals surface area contributed by atoms with Crippen LogP contribution in [0.15, 0.2) is 18.2 Å². The maximum Gasteiger partial charge on any atom is 0.261 e. The maximum atomic E-state index is 12.2. The molecule has 0 spiro atoms. The van der Waals surface area contributed by atoms with Gasteiger partial charge in [0.25, 0.3) is 5.91 Å². The second-order valence-corrected chi connectivity index (χ2v) is 8.79. The van der Waals surface area contributed by atoms with E-state index in [0.29, 0.717) is 18.1 Å². The van der Waals surface area contributed by atoms with E-state index in [-0.39, 0.29) is 23.5 Å². The Balaban J connectivity index is 2.03. The molecule has 0 aliphatic carbocycles. The molecular formula is C17H25NO4S. The Labute approximate surface area is 138 Å². The summed E-state index contributed by atoms with van der Waals surface area (Å²) >= 11 is 0. The molecule has 2 atom stereocenters. The Morgan fingerprint density at radius 3 is 2.57 bits per heavy atom. The van der Waals surface area contributed by atoms with Crippen molar-refractivity contribution in [2.24, 2.45) is 0 Å². The summed E-state index contributed by atoms with van der Waals surface area (Å²) in [5.74, 6) is 0.890. The predicted molar refractivity (Wildman–Crippen MR) is 90.6 cm³/mol. The largest absolute Gasteiger partial charge is 0.481 e. The first-order valence-corrected chi connectivity index (χ1v) is 9.78. The second-order valence-electron chi connectivity index (χ2n) is 6.56. The van der Waals surface area contributed by atoms with Gasteiger partial charge >= 0.3 is 0 Å². The molecule has 0 aromatic heterocycles. The van der Waals surface area contributed by atoms with Crippen LogP contribution in [0, 0.1) is 6.92 Å². The van der Waals surface area contributed by atoms with Crippen molar-refractivity contribution < 1.29 is 17.9 Å². The molecule has 1 aromatic rings. The molecule has 1 fully saturated rings. The Hall–Kier alpha value is -1.56. The van der Waals surface area contributed by atoms with Crippen LogP contribution in [0.2, 0.25) is 0 Å². The predicted octanol–water partition coefficient (Wildman–Crippen LogP) is 2.19. The number of carbonyl (C=O) groups excluding carboxylic acids is 1. The van der Waals surface area contributed by atoms with Crippen molar-refractivity contribution >= 4 is 15.7 Å². The van der Waals surface area contributed by atoms with Crippen LogP contribution in [0.1, 0.15) is 44.2 Å². The highest BCUT2D eigenvalue weighted by molar-refractivity contribution is 7.91. The summed E-state index contributed by atoms with van der Waals surface area (Å²) in [6, 6.07) is 5.67. The molecule has 0 radical (unpaired) electrons. The van der Waals surface area contributed by atoms with Gasteiger partial charge in [0, 0.05) is 6.04 Å². The molecule has 1 saturated heterocycles. The number of aryl methyl sites for hydroxylation is 1. The fraction of sp³-hybridized carbons (Fsp3) is 0.588. The lowest BCUT2D eigenvalue weighted by molar-refractivity contribution is -0.127. The van der Waals surface area contributed by atoms with Gasteiger partial charge in [0.1, 0.15) is 5.75 Å². The molecule has 1 N–H and O–H groups in total. The van der Waals surface area contributed by atoms with Crippen molar-refractivity contribution in [1.82, 2.24) is 5.32 Å². The van der Waals surface area contributed by atoms with Gasteiger partial charge in [-0.15, -0.1) is 0 Å². The Morgan fingerprint density at radius 2 is 2.00 bits per heavy atom. The van der Waals surface area contributed by atoms with Gasteiger partial charge in [-0.1, -0.05) is 26.0 Å². The average Bonchev–Trinajstić information content (AvgIpc) is 2.77. The van der Waals surface area contributed by atoms with Crippen molar-refractivity contribution in [1.29, 1.82) is 0 Å². The molecule has 1 heterocycles. The van der Waals surface area contributed by atoms with Gasteiger partial charge in [-0.2, -0.15) is 0 Å². The molecule has 1 aliphatic rings. The molecule has 2 rings (SSSR count). The fourth-order valence-electron chi connectivity index (χ4n) is 2.69. The first-order valence-electron chi connectivity index (χ1n) is 7.96. The Bertz CT molecular complexity index is 682. The number of benzene rings is 1. The lowest BCUT2D eigenvalue weighted by Gasteiger charge is -2.20. The van der Waals surface area contributed by atoms with Crippen molar-refractivity contribution in [3.8, 4) is 5.75 Å². The summed E-state index contributed by atoms with van der Waals surface area (Å²) in [5, 5.41) is 2.77. The molecule has 6 heteroatoms. The van der Waals surface area contributed by atoms with Crippen molar-refractivity contribution in [3.63, 3.8) is 0 Å². The normalized spacial score (nSPS) is 21.2. The second kappa shape index (κ2) is 6.91. The molecule has 0 bridgehead atoms. The molecule has 5 nitrogen and oxygen atoms in total. The maximum absolute atomic E-state index is 12.2. The third-order valence-corrected chi connectivity index (χ3v) is 5.81. The number of hydrogen-bond acceptors (Lipinski definition) is 4. The third-order valence-electron chi connectivity index (χ3n) is 4.04. The van der Waals surface area contributed by atoms with E-state index in [4.69, 9.17) is 4.74 Å². The van der Waals surface area contributed by atoms with E-state index in [0.717, 1.165) is 11.1 Å². The van der Waals surface area contributed by atoms with Crippen LogP contribution >= 0.6 is 0 Å². The summed E-state index contributed by atoms with van der Waals surface area (Å²) in [4.78, 5) is 12.2. The van der Waals surface area contributed by atoms with Crippen LogP contribution in [-0.2, 0) is 14.6 Å². The molecule has 1 aliphatic heterocycles. The van der Waals surface area contributed by atoms with Crippen LogP contribution in [0.5, 0.6) is 5.75 Å². The van der Waals surface area contributed by atoms with Gasteiger partial charge in [-0.3, -0.25) is 4.79 Å². The minimum atomic E-state index is -3.00. The van der Waals surface area contributed by atoms with Crippen molar-refractivity contribution in [2.45, 2.75) is 52.2 Å². The molecule has 1 aromatic carbocycles. The van der Waals surface area contributed by atoms with Crippen LogP contribution in [0.4, 0.5) is 0 Å². The van der Waals surface area contributed by atoms with E-state index in [1.807, 2.05) is 25.1 Å². The minimum absolute atomic E-state index is 0.0210. The quantitative estimate of drug-likeness (QED) is 0.892. The van der Waals surface area contributed by atoms with Gasteiger partial charge in [0.2, 0.25) is 0 Å². The van der Waals surface area contributed by atoms with E-state index in [1.165, 1.54) is 0 Å². The summed E-state index contributed by atoms with van der Waals surface area (Å²) in [6.07, 6.45) is -0.194. The highest BCUT2D eigenvalue weighted by Crippen LogP contribution is 2.28. The molecule has 0 unspecified atom stereocenters. The first kappa shape index (κ1) is 17.8. The average molecular weight is 339 g/mol. The zero-order valence-electron chi connectivity index (χ0n) is 14.1.